The first-order valence-corrected chi connectivity index (χ1v) is 25.2. The maximum atomic E-state index is 13.0. The number of esters is 3. The van der Waals surface area contributed by atoms with Crippen LogP contribution >= 0.6 is 0 Å². The van der Waals surface area contributed by atoms with Gasteiger partial charge in [0.1, 0.15) is 0 Å². The van der Waals surface area contributed by atoms with Crippen LogP contribution in [0.1, 0.15) is 278 Å². The van der Waals surface area contributed by atoms with E-state index in [0.717, 1.165) is 63.9 Å². The molecule has 0 heterocycles. The van der Waals surface area contributed by atoms with Gasteiger partial charge in [-0.05, 0) is 19.3 Å². The van der Waals surface area contributed by atoms with Crippen LogP contribution in [0.2, 0.25) is 0 Å². The van der Waals surface area contributed by atoms with E-state index in [4.69, 9.17) is 14.2 Å². The van der Waals surface area contributed by atoms with Gasteiger partial charge in [-0.25, -0.2) is 9.59 Å². The van der Waals surface area contributed by atoms with Crippen molar-refractivity contribution in [3.63, 3.8) is 0 Å². The minimum atomic E-state index is -0.621. The lowest BCUT2D eigenvalue weighted by molar-refractivity contribution is -0.146. The highest BCUT2D eigenvalue weighted by Crippen LogP contribution is 2.16. The summed E-state index contributed by atoms with van der Waals surface area (Å²) in [7, 11) is 0. The van der Waals surface area contributed by atoms with Crippen LogP contribution in [0.4, 0.5) is 0 Å². The van der Waals surface area contributed by atoms with E-state index in [0.29, 0.717) is 13.2 Å². The molecule has 0 aliphatic rings. The van der Waals surface area contributed by atoms with Gasteiger partial charge in [-0.2, -0.15) is 0 Å². The van der Waals surface area contributed by atoms with Crippen molar-refractivity contribution >= 4 is 17.9 Å². The molecule has 0 aromatic rings. The highest BCUT2D eigenvalue weighted by Gasteiger charge is 2.19. The molecule has 57 heavy (non-hydrogen) atoms. The Kier molecular flexibility index (Phi) is 45.3. The molecule has 0 unspecified atom stereocenters. The second kappa shape index (κ2) is 46.8. The molecule has 336 valence electrons. The summed E-state index contributed by atoms with van der Waals surface area (Å²) in [5.74, 6) is -1.71. The molecule has 6 nitrogen and oxygen atoms in total. The normalized spacial score (nSPS) is 11.6. The van der Waals surface area contributed by atoms with E-state index < -0.39 is 17.9 Å². The summed E-state index contributed by atoms with van der Waals surface area (Å²) < 4.78 is 16.5. The van der Waals surface area contributed by atoms with E-state index in [1.54, 1.807) is 0 Å². The van der Waals surface area contributed by atoms with Gasteiger partial charge in [0.05, 0.1) is 31.8 Å². The number of carbonyl (C=O) groups is 3. The molecule has 0 radical (unpaired) electrons. The fourth-order valence-corrected chi connectivity index (χ4v) is 7.55. The van der Waals surface area contributed by atoms with E-state index in [1.165, 1.54) is 193 Å². The SMILES string of the molecule is CCCCCCCCCCCCCCCOC(=O)C=C(CC(=O)OCCCCCCCCCCCCCCC)C(=O)OCCCCCCCCCCCCCCC. The third kappa shape index (κ3) is 43.6. The minimum absolute atomic E-state index is 0.0235. The number of unbranched alkanes of at least 4 members (excludes halogenated alkanes) is 36. The zero-order valence-corrected chi connectivity index (χ0v) is 38.4. The Hall–Kier alpha value is -1.85. The van der Waals surface area contributed by atoms with Crippen molar-refractivity contribution in [1.82, 2.24) is 0 Å². The molecular formula is C51H96O6. The fourth-order valence-electron chi connectivity index (χ4n) is 7.55. The van der Waals surface area contributed by atoms with Crippen molar-refractivity contribution in [2.45, 2.75) is 278 Å². The molecule has 6 heteroatoms. The van der Waals surface area contributed by atoms with Gasteiger partial charge in [-0.3, -0.25) is 4.79 Å². The van der Waals surface area contributed by atoms with Gasteiger partial charge in [0.15, 0.2) is 0 Å². The lowest BCUT2D eigenvalue weighted by atomic mass is 10.0. The van der Waals surface area contributed by atoms with E-state index in [-0.39, 0.29) is 18.6 Å². The molecule has 0 aliphatic heterocycles. The Labute approximate surface area is 354 Å². The molecule has 0 aromatic heterocycles. The van der Waals surface area contributed by atoms with Crippen LogP contribution in [0.3, 0.4) is 0 Å². The van der Waals surface area contributed by atoms with Crippen molar-refractivity contribution in [3.05, 3.63) is 11.6 Å². The van der Waals surface area contributed by atoms with Crippen molar-refractivity contribution in [3.8, 4) is 0 Å². The summed E-state index contributed by atoms with van der Waals surface area (Å²) in [6, 6.07) is 0. The second-order valence-electron chi connectivity index (χ2n) is 17.1. The zero-order valence-electron chi connectivity index (χ0n) is 38.4. The largest absolute Gasteiger partial charge is 0.465 e. The van der Waals surface area contributed by atoms with Crippen LogP contribution < -0.4 is 0 Å². The molecule has 0 aromatic carbocycles. The minimum Gasteiger partial charge on any atom is -0.465 e. The Morgan fingerprint density at radius 3 is 0.860 bits per heavy atom. The molecule has 0 saturated carbocycles. The van der Waals surface area contributed by atoms with Crippen LogP contribution in [0, 0.1) is 0 Å². The summed E-state index contributed by atoms with van der Waals surface area (Å²) >= 11 is 0. The predicted octanol–water partition coefficient (Wildman–Crippen LogP) is 16.2. The molecule has 0 fully saturated rings. The van der Waals surface area contributed by atoms with Gasteiger partial charge in [0, 0.05) is 6.08 Å². The Morgan fingerprint density at radius 1 is 0.316 bits per heavy atom. The number of ether oxygens (including phenoxy) is 3. The molecule has 0 aliphatic carbocycles. The van der Waals surface area contributed by atoms with Gasteiger partial charge < -0.3 is 14.2 Å². The smallest absolute Gasteiger partial charge is 0.334 e. The molecule has 0 bridgehead atoms. The molecule has 0 spiro atoms. The van der Waals surface area contributed by atoms with Crippen LogP contribution in [0.15, 0.2) is 11.6 Å². The summed E-state index contributed by atoms with van der Waals surface area (Å²) in [5, 5.41) is 0. The maximum absolute atomic E-state index is 13.0. The summed E-state index contributed by atoms with van der Waals surface area (Å²) in [6.45, 7) is 7.73. The van der Waals surface area contributed by atoms with E-state index in [1.807, 2.05) is 0 Å². The average Bonchev–Trinajstić information content (AvgIpc) is 3.20. The topological polar surface area (TPSA) is 78.9 Å². The third-order valence-electron chi connectivity index (χ3n) is 11.4. The van der Waals surface area contributed by atoms with Gasteiger partial charge in [0.25, 0.3) is 0 Å². The first-order chi connectivity index (χ1) is 28.0. The van der Waals surface area contributed by atoms with Crippen molar-refractivity contribution in [2.24, 2.45) is 0 Å². The summed E-state index contributed by atoms with van der Waals surface area (Å²) in [4.78, 5) is 38.5. The van der Waals surface area contributed by atoms with Gasteiger partial charge in [0.2, 0.25) is 0 Å². The standard InChI is InChI=1S/C51H96O6/c1-4-7-10-13-16-19-22-25-28-31-34-37-40-43-55-49(52)46-48(51(54)57-45-42-39-36-33-30-27-24-21-18-15-12-9-6-3)47-50(53)56-44-41-38-35-32-29-26-23-20-17-14-11-8-5-2/h46H,4-45,47H2,1-3H3. The van der Waals surface area contributed by atoms with Crippen LogP contribution in [-0.4, -0.2) is 37.7 Å². The lowest BCUT2D eigenvalue weighted by Gasteiger charge is -2.10. The lowest BCUT2D eigenvalue weighted by Crippen LogP contribution is -2.17. The molecule has 0 rings (SSSR count). The number of hydrogen-bond acceptors (Lipinski definition) is 6. The quantitative estimate of drug-likeness (QED) is 0.0264. The molecule has 0 atom stereocenters. The number of carbonyl (C=O) groups excluding carboxylic acids is 3. The van der Waals surface area contributed by atoms with Gasteiger partial charge >= 0.3 is 17.9 Å². The van der Waals surface area contributed by atoms with Gasteiger partial charge in [-0.15, -0.1) is 0 Å². The van der Waals surface area contributed by atoms with Crippen molar-refractivity contribution in [1.29, 1.82) is 0 Å². The van der Waals surface area contributed by atoms with Crippen LogP contribution in [0.5, 0.6) is 0 Å². The number of rotatable bonds is 46. The average molecular weight is 805 g/mol. The number of hydrogen-bond donors (Lipinski definition) is 0. The first kappa shape index (κ1) is 55.2. The maximum Gasteiger partial charge on any atom is 0.334 e. The van der Waals surface area contributed by atoms with Crippen molar-refractivity contribution < 1.29 is 28.6 Å². The van der Waals surface area contributed by atoms with E-state index in [9.17, 15) is 14.4 Å². The fraction of sp³-hybridized carbons (Fsp3) is 0.902. The Balaban J connectivity index is 4.41. The van der Waals surface area contributed by atoms with E-state index >= 15 is 0 Å². The monoisotopic (exact) mass is 805 g/mol. The highest BCUT2D eigenvalue weighted by molar-refractivity contribution is 5.99. The predicted molar refractivity (Wildman–Crippen MR) is 243 cm³/mol. The van der Waals surface area contributed by atoms with E-state index in [2.05, 4.69) is 20.8 Å². The Morgan fingerprint density at radius 2 is 0.561 bits per heavy atom. The van der Waals surface area contributed by atoms with Crippen LogP contribution in [-0.2, 0) is 28.6 Å². The summed E-state index contributed by atoms with van der Waals surface area (Å²) in [5.41, 5.74) is 0.0235. The molecule has 0 amide bonds. The molecular weight excluding hydrogens is 709 g/mol. The van der Waals surface area contributed by atoms with Crippen molar-refractivity contribution in [2.75, 3.05) is 19.8 Å². The second-order valence-corrected chi connectivity index (χ2v) is 17.1. The zero-order chi connectivity index (χ0) is 41.5. The Bertz CT molecular complexity index is 898. The molecule has 0 saturated heterocycles. The third-order valence-corrected chi connectivity index (χ3v) is 11.4. The van der Waals surface area contributed by atoms with Gasteiger partial charge in [-0.1, -0.05) is 252 Å². The highest BCUT2D eigenvalue weighted by atomic mass is 16.5. The summed E-state index contributed by atoms with van der Waals surface area (Å²) in [6.07, 6.45) is 49.7. The van der Waals surface area contributed by atoms with Crippen LogP contribution in [0.25, 0.3) is 0 Å². The molecule has 0 N–H and O–H groups in total. The first-order valence-electron chi connectivity index (χ1n) is 25.2.